The van der Waals surface area contributed by atoms with Crippen LogP contribution in [0.4, 0.5) is 0 Å². The molecule has 0 aromatic heterocycles. The van der Waals surface area contributed by atoms with Gasteiger partial charge in [-0.25, -0.2) is 0 Å². The van der Waals surface area contributed by atoms with E-state index in [0.717, 1.165) is 19.3 Å². The fraction of sp³-hybridized carbons (Fsp3) is 0.930. The van der Waals surface area contributed by atoms with Gasteiger partial charge in [-0.05, 0) is 38.5 Å². The Morgan fingerprint density at radius 1 is 0.489 bits per heavy atom. The molecule has 0 heterocycles. The van der Waals surface area contributed by atoms with Crippen LogP contribution in [0.1, 0.15) is 232 Å². The largest absolute Gasteiger partial charge is 0.457 e. The van der Waals surface area contributed by atoms with Gasteiger partial charge in [-0.3, -0.25) is 4.79 Å². The Balaban J connectivity index is 3.38. The lowest BCUT2D eigenvalue weighted by molar-refractivity contribution is -0.154. The van der Waals surface area contributed by atoms with Gasteiger partial charge in [-0.15, -0.1) is 0 Å². The number of aliphatic hydroxyl groups excluding tert-OH is 1. The van der Waals surface area contributed by atoms with Gasteiger partial charge in [0.05, 0.1) is 13.2 Å². The maximum Gasteiger partial charge on any atom is 0.306 e. The Hall–Kier alpha value is -0.870. The van der Waals surface area contributed by atoms with E-state index in [2.05, 4.69) is 26.0 Å². The third kappa shape index (κ3) is 39.5. The number of rotatable bonds is 40. The third-order valence-corrected chi connectivity index (χ3v) is 9.59. The van der Waals surface area contributed by atoms with Crippen LogP contribution in [-0.2, 0) is 14.3 Å². The van der Waals surface area contributed by atoms with E-state index < -0.39 is 6.10 Å². The monoisotopic (exact) mass is 665 g/mol. The summed E-state index contributed by atoms with van der Waals surface area (Å²) >= 11 is 0. The average molecular weight is 665 g/mol. The highest BCUT2D eigenvalue weighted by atomic mass is 16.6. The predicted octanol–water partition coefficient (Wildman–Crippen LogP) is 13.8. The van der Waals surface area contributed by atoms with Gasteiger partial charge in [0.1, 0.15) is 6.10 Å². The molecule has 47 heavy (non-hydrogen) atoms. The van der Waals surface area contributed by atoms with Crippen molar-refractivity contribution in [1.29, 1.82) is 0 Å². The lowest BCUT2D eigenvalue weighted by Crippen LogP contribution is -2.27. The zero-order valence-electron chi connectivity index (χ0n) is 32.1. The predicted molar refractivity (Wildman–Crippen MR) is 205 cm³/mol. The van der Waals surface area contributed by atoms with Crippen LogP contribution in [0.15, 0.2) is 12.2 Å². The average Bonchev–Trinajstić information content (AvgIpc) is 3.08. The number of unbranched alkanes of at least 4 members (excludes halogenated alkanes) is 30. The summed E-state index contributed by atoms with van der Waals surface area (Å²) in [5.41, 5.74) is 0. The molecule has 0 aliphatic rings. The summed E-state index contributed by atoms with van der Waals surface area (Å²) in [6.07, 6.45) is 48.4. The summed E-state index contributed by atoms with van der Waals surface area (Å²) in [6.45, 7) is 5.38. The molecule has 0 amide bonds. The summed E-state index contributed by atoms with van der Waals surface area (Å²) in [7, 11) is 0. The van der Waals surface area contributed by atoms with Gasteiger partial charge in [0.25, 0.3) is 0 Å². The highest BCUT2D eigenvalue weighted by Crippen LogP contribution is 2.15. The molecule has 0 spiro atoms. The zero-order chi connectivity index (χ0) is 34.1. The molecule has 4 nitrogen and oxygen atoms in total. The Morgan fingerprint density at radius 3 is 1.21 bits per heavy atom. The van der Waals surface area contributed by atoms with Gasteiger partial charge in [-0.1, -0.05) is 199 Å². The van der Waals surface area contributed by atoms with E-state index in [9.17, 15) is 9.90 Å². The van der Waals surface area contributed by atoms with Gasteiger partial charge >= 0.3 is 5.97 Å². The Bertz CT molecular complexity index is 619. The molecule has 0 aliphatic heterocycles. The van der Waals surface area contributed by atoms with E-state index in [1.54, 1.807) is 0 Å². The van der Waals surface area contributed by atoms with Crippen molar-refractivity contribution < 1.29 is 19.4 Å². The lowest BCUT2D eigenvalue weighted by Gasteiger charge is -2.16. The van der Waals surface area contributed by atoms with Crippen LogP contribution in [0.25, 0.3) is 0 Å². The lowest BCUT2D eigenvalue weighted by atomic mass is 10.0. The first-order valence-electron chi connectivity index (χ1n) is 21.3. The number of ether oxygens (including phenoxy) is 2. The van der Waals surface area contributed by atoms with Gasteiger partial charge in [-0.2, -0.15) is 0 Å². The Labute approximate surface area is 295 Å². The first kappa shape index (κ1) is 46.1. The molecule has 0 aromatic rings. The van der Waals surface area contributed by atoms with E-state index >= 15 is 0 Å². The molecule has 0 saturated carbocycles. The first-order valence-corrected chi connectivity index (χ1v) is 21.3. The van der Waals surface area contributed by atoms with E-state index in [-0.39, 0.29) is 12.6 Å². The highest BCUT2D eigenvalue weighted by molar-refractivity contribution is 5.69. The molecule has 0 saturated heterocycles. The molecule has 1 unspecified atom stereocenters. The normalized spacial score (nSPS) is 12.3. The summed E-state index contributed by atoms with van der Waals surface area (Å²) in [5, 5.41) is 9.59. The number of aliphatic hydroxyl groups is 1. The molecular weight excluding hydrogens is 580 g/mol. The molecule has 0 aliphatic carbocycles. The van der Waals surface area contributed by atoms with E-state index in [1.165, 1.54) is 193 Å². The smallest absolute Gasteiger partial charge is 0.306 e. The maximum atomic E-state index is 12.2. The Kier molecular flexibility index (Phi) is 40.5. The van der Waals surface area contributed by atoms with E-state index in [0.29, 0.717) is 19.6 Å². The van der Waals surface area contributed by atoms with Crippen LogP contribution in [0.5, 0.6) is 0 Å². The van der Waals surface area contributed by atoms with Crippen molar-refractivity contribution in [3.05, 3.63) is 12.2 Å². The molecule has 1 atom stereocenters. The highest BCUT2D eigenvalue weighted by Gasteiger charge is 2.13. The number of allylic oxidation sites excluding steroid dienone is 2. The second kappa shape index (κ2) is 41.3. The molecule has 4 heteroatoms. The van der Waals surface area contributed by atoms with Crippen molar-refractivity contribution in [1.82, 2.24) is 0 Å². The minimum absolute atomic E-state index is 0.166. The molecule has 1 N–H and O–H groups in total. The van der Waals surface area contributed by atoms with E-state index in [1.807, 2.05) is 0 Å². The topological polar surface area (TPSA) is 55.8 Å². The molecular formula is C43H84O4. The number of esters is 1. The van der Waals surface area contributed by atoms with Crippen molar-refractivity contribution in [2.24, 2.45) is 0 Å². The second-order valence-corrected chi connectivity index (χ2v) is 14.4. The van der Waals surface area contributed by atoms with E-state index in [4.69, 9.17) is 9.47 Å². The van der Waals surface area contributed by atoms with Gasteiger partial charge in [0, 0.05) is 13.0 Å². The van der Waals surface area contributed by atoms with Crippen molar-refractivity contribution in [3.63, 3.8) is 0 Å². The molecule has 280 valence electrons. The van der Waals surface area contributed by atoms with Crippen molar-refractivity contribution in [2.45, 2.75) is 238 Å². The first-order chi connectivity index (χ1) is 23.2. The van der Waals surface area contributed by atoms with Crippen LogP contribution < -0.4 is 0 Å². The number of carbonyl (C=O) groups excluding carboxylic acids is 1. The fourth-order valence-electron chi connectivity index (χ4n) is 6.38. The number of hydrogen-bond donors (Lipinski definition) is 1. The molecule has 0 bridgehead atoms. The minimum Gasteiger partial charge on any atom is -0.457 e. The number of carbonyl (C=O) groups is 1. The quantitative estimate of drug-likeness (QED) is 0.0402. The summed E-state index contributed by atoms with van der Waals surface area (Å²) in [6, 6.07) is 0. The van der Waals surface area contributed by atoms with Crippen LogP contribution in [0, 0.1) is 0 Å². The van der Waals surface area contributed by atoms with Crippen LogP contribution in [0.2, 0.25) is 0 Å². The van der Waals surface area contributed by atoms with Gasteiger partial charge < -0.3 is 14.6 Å². The van der Waals surface area contributed by atoms with Crippen LogP contribution in [-0.4, -0.2) is 37.0 Å². The van der Waals surface area contributed by atoms with Gasteiger partial charge in [0.2, 0.25) is 0 Å². The second-order valence-electron chi connectivity index (χ2n) is 14.4. The summed E-state index contributed by atoms with van der Waals surface area (Å²) < 4.78 is 11.2. The summed E-state index contributed by atoms with van der Waals surface area (Å²) in [4.78, 5) is 12.2. The third-order valence-electron chi connectivity index (χ3n) is 9.59. The molecule has 0 radical (unpaired) electrons. The van der Waals surface area contributed by atoms with Crippen LogP contribution >= 0.6 is 0 Å². The number of hydrogen-bond acceptors (Lipinski definition) is 4. The zero-order valence-corrected chi connectivity index (χ0v) is 32.1. The standard InChI is InChI=1S/C43H84O4/c1-3-5-7-9-11-13-15-17-19-21-22-23-24-26-28-30-32-34-36-38-43(45)47-42(40-44)41-46-39-37-35-33-31-29-27-25-20-18-16-14-12-10-8-6-4-2/h17,19,42,44H,3-16,18,20-41H2,1-2H3/b19-17-. The summed E-state index contributed by atoms with van der Waals surface area (Å²) in [5.74, 6) is -0.198. The maximum absolute atomic E-state index is 12.2. The van der Waals surface area contributed by atoms with Gasteiger partial charge in [0.15, 0.2) is 0 Å². The fourth-order valence-corrected chi connectivity index (χ4v) is 6.38. The van der Waals surface area contributed by atoms with Crippen molar-refractivity contribution in [3.8, 4) is 0 Å². The molecule has 0 rings (SSSR count). The van der Waals surface area contributed by atoms with Crippen LogP contribution in [0.3, 0.4) is 0 Å². The van der Waals surface area contributed by atoms with Crippen molar-refractivity contribution in [2.75, 3.05) is 19.8 Å². The Morgan fingerprint density at radius 2 is 0.830 bits per heavy atom. The molecule has 0 fully saturated rings. The van der Waals surface area contributed by atoms with Crippen molar-refractivity contribution >= 4 is 5.97 Å². The SMILES string of the molecule is CCCCCCCC/C=C\CCCCCCCCCCCC(=O)OC(CO)COCCCCCCCCCCCCCCCCCC. The molecule has 0 aromatic carbocycles. The minimum atomic E-state index is -0.528.